The van der Waals surface area contributed by atoms with Gasteiger partial charge in [0.25, 0.3) is 11.7 Å². The topological polar surface area (TPSA) is 78.7 Å². The number of hydrogen-bond acceptors (Lipinski definition) is 5. The molecule has 3 rings (SSSR count). The van der Waals surface area contributed by atoms with Crippen LogP contribution in [0.2, 0.25) is 10.0 Å². The number of nitrogens with zero attached hydrogens (tertiary/aromatic N) is 4. The maximum Gasteiger partial charge on any atom is 0.295 e. The zero-order valence-electron chi connectivity index (χ0n) is 17.5. The number of amides is 1. The SMILES string of the molecule is Cc1nn(C)c(C)c1C(O)=C1C(=O)C(=O)N(CCN(C)C)C1c1ccc(Cl)c(Cl)c1. The largest absolute Gasteiger partial charge is 0.507 e. The molecule has 2 aromatic rings. The van der Waals surface area contributed by atoms with E-state index in [4.69, 9.17) is 23.2 Å². The van der Waals surface area contributed by atoms with Crippen LogP contribution in [-0.2, 0) is 16.6 Å². The molecular formula is C21H24Cl2N4O3. The molecule has 1 fully saturated rings. The zero-order chi connectivity index (χ0) is 22.3. The number of Topliss-reactive ketones (excluding diaryl/α,β-unsaturated/α-hetero) is 1. The number of aryl methyl sites for hydroxylation is 2. The number of carbonyl (C=O) groups is 2. The summed E-state index contributed by atoms with van der Waals surface area (Å²) in [7, 11) is 5.52. The maximum absolute atomic E-state index is 13.0. The molecule has 1 aromatic heterocycles. The van der Waals surface area contributed by atoms with Gasteiger partial charge in [-0.3, -0.25) is 14.3 Å². The van der Waals surface area contributed by atoms with Crippen molar-refractivity contribution in [2.45, 2.75) is 19.9 Å². The van der Waals surface area contributed by atoms with Gasteiger partial charge >= 0.3 is 0 Å². The van der Waals surface area contributed by atoms with Crippen molar-refractivity contribution in [3.8, 4) is 0 Å². The highest BCUT2D eigenvalue weighted by Gasteiger charge is 2.46. The first-order valence-electron chi connectivity index (χ1n) is 9.43. The first-order chi connectivity index (χ1) is 14.0. The summed E-state index contributed by atoms with van der Waals surface area (Å²) in [5.41, 5.74) is 2.34. The van der Waals surface area contributed by atoms with Crippen molar-refractivity contribution in [2.75, 3.05) is 27.2 Å². The summed E-state index contributed by atoms with van der Waals surface area (Å²) in [6.07, 6.45) is 0. The van der Waals surface area contributed by atoms with Crippen LogP contribution in [0, 0.1) is 13.8 Å². The standard InChI is InChI=1S/C21H24Cl2N4O3/c1-11-16(12(2)26(5)24-11)19(28)17-18(13-6-7-14(22)15(23)10-13)27(9-8-25(3)4)21(30)20(17)29/h6-7,10,18,28H,8-9H2,1-5H3. The Kier molecular flexibility index (Phi) is 6.26. The predicted octanol–water partition coefficient (Wildman–Crippen LogP) is 3.33. The molecule has 1 aliphatic rings. The Balaban J connectivity index is 2.23. The minimum atomic E-state index is -0.779. The Morgan fingerprint density at radius 2 is 1.87 bits per heavy atom. The Morgan fingerprint density at radius 3 is 2.40 bits per heavy atom. The number of rotatable bonds is 5. The van der Waals surface area contributed by atoms with Gasteiger partial charge in [-0.1, -0.05) is 29.3 Å². The second kappa shape index (κ2) is 8.41. The fourth-order valence-electron chi connectivity index (χ4n) is 3.70. The van der Waals surface area contributed by atoms with Crippen molar-refractivity contribution < 1.29 is 14.7 Å². The lowest BCUT2D eigenvalue weighted by Crippen LogP contribution is -2.35. The van der Waals surface area contributed by atoms with E-state index >= 15 is 0 Å². The van der Waals surface area contributed by atoms with Crippen molar-refractivity contribution in [1.82, 2.24) is 19.6 Å². The Morgan fingerprint density at radius 1 is 1.20 bits per heavy atom. The summed E-state index contributed by atoms with van der Waals surface area (Å²) >= 11 is 12.3. The summed E-state index contributed by atoms with van der Waals surface area (Å²) in [5.74, 6) is -1.63. The molecule has 0 saturated carbocycles. The Bertz CT molecular complexity index is 1060. The zero-order valence-corrected chi connectivity index (χ0v) is 19.0. The van der Waals surface area contributed by atoms with Crippen molar-refractivity contribution in [1.29, 1.82) is 0 Å². The number of carbonyl (C=O) groups excluding carboxylic acids is 2. The molecule has 9 heteroatoms. The number of likely N-dealkylation sites (N-methyl/N-ethyl adjacent to an activating group) is 1. The van der Waals surface area contributed by atoms with E-state index in [1.807, 2.05) is 19.0 Å². The number of ketones is 1. The average molecular weight is 451 g/mol. The monoisotopic (exact) mass is 450 g/mol. The molecule has 0 spiro atoms. The van der Waals surface area contributed by atoms with Crippen molar-refractivity contribution >= 4 is 40.7 Å². The third-order valence-electron chi connectivity index (χ3n) is 5.33. The molecule has 0 radical (unpaired) electrons. The van der Waals surface area contributed by atoms with Gasteiger partial charge in [0.15, 0.2) is 0 Å². The summed E-state index contributed by atoms with van der Waals surface area (Å²) in [4.78, 5) is 29.3. The van der Waals surface area contributed by atoms with Gasteiger partial charge < -0.3 is 14.9 Å². The molecule has 30 heavy (non-hydrogen) atoms. The molecule has 1 aliphatic heterocycles. The highest BCUT2D eigenvalue weighted by Crippen LogP contribution is 2.41. The van der Waals surface area contributed by atoms with Crippen molar-refractivity contribution in [2.24, 2.45) is 7.05 Å². The van der Waals surface area contributed by atoms with Crippen molar-refractivity contribution in [3.63, 3.8) is 0 Å². The maximum atomic E-state index is 13.0. The van der Waals surface area contributed by atoms with Crippen LogP contribution in [0.15, 0.2) is 23.8 Å². The molecule has 1 unspecified atom stereocenters. The molecule has 0 aliphatic carbocycles. The minimum absolute atomic E-state index is 0.0244. The van der Waals surface area contributed by atoms with E-state index in [-0.39, 0.29) is 11.3 Å². The number of hydrogen-bond donors (Lipinski definition) is 1. The smallest absolute Gasteiger partial charge is 0.295 e. The van der Waals surface area contributed by atoms with Crippen LogP contribution >= 0.6 is 23.2 Å². The summed E-state index contributed by atoms with van der Waals surface area (Å²) in [5, 5.41) is 16.2. The van der Waals surface area contributed by atoms with E-state index in [1.54, 1.807) is 43.8 Å². The lowest BCUT2D eigenvalue weighted by Gasteiger charge is -2.26. The highest BCUT2D eigenvalue weighted by molar-refractivity contribution is 6.47. The van der Waals surface area contributed by atoms with E-state index < -0.39 is 17.7 Å². The van der Waals surface area contributed by atoms with Gasteiger partial charge in [0.1, 0.15) is 5.76 Å². The molecule has 0 bridgehead atoms. The average Bonchev–Trinajstić information content (AvgIpc) is 3.07. The number of halogens is 2. The molecule has 2 heterocycles. The van der Waals surface area contributed by atoms with E-state index in [0.717, 1.165) is 0 Å². The molecule has 1 amide bonds. The summed E-state index contributed by atoms with van der Waals surface area (Å²) in [6.45, 7) is 4.41. The van der Waals surface area contributed by atoms with Gasteiger partial charge in [-0.15, -0.1) is 0 Å². The number of likely N-dealkylation sites (tertiary alicyclic amines) is 1. The van der Waals surface area contributed by atoms with E-state index in [9.17, 15) is 14.7 Å². The number of aliphatic hydroxyl groups is 1. The number of aliphatic hydroxyl groups excluding tert-OH is 1. The lowest BCUT2D eigenvalue weighted by atomic mass is 9.94. The second-order valence-corrected chi connectivity index (χ2v) is 8.45. The van der Waals surface area contributed by atoms with Gasteiger partial charge in [0.05, 0.1) is 32.9 Å². The molecule has 1 saturated heterocycles. The van der Waals surface area contributed by atoms with Gasteiger partial charge in [0, 0.05) is 25.8 Å². The molecule has 1 N–H and O–H groups in total. The van der Waals surface area contributed by atoms with E-state index in [0.29, 0.717) is 45.6 Å². The summed E-state index contributed by atoms with van der Waals surface area (Å²) in [6, 6.07) is 4.17. The van der Waals surface area contributed by atoms with Gasteiger partial charge in [-0.2, -0.15) is 5.10 Å². The Hall–Kier alpha value is -2.35. The van der Waals surface area contributed by atoms with Gasteiger partial charge in [0.2, 0.25) is 0 Å². The van der Waals surface area contributed by atoms with Crippen LogP contribution < -0.4 is 0 Å². The van der Waals surface area contributed by atoms with Crippen LogP contribution in [0.4, 0.5) is 0 Å². The van der Waals surface area contributed by atoms with Crippen LogP contribution in [-0.4, -0.2) is 63.6 Å². The highest BCUT2D eigenvalue weighted by atomic mass is 35.5. The van der Waals surface area contributed by atoms with Crippen molar-refractivity contribution in [3.05, 3.63) is 56.3 Å². The lowest BCUT2D eigenvalue weighted by molar-refractivity contribution is -0.140. The molecule has 7 nitrogen and oxygen atoms in total. The second-order valence-electron chi connectivity index (χ2n) is 7.64. The number of benzene rings is 1. The molecule has 160 valence electrons. The summed E-state index contributed by atoms with van der Waals surface area (Å²) < 4.78 is 1.63. The predicted molar refractivity (Wildman–Crippen MR) is 117 cm³/mol. The fourth-order valence-corrected chi connectivity index (χ4v) is 4.00. The van der Waals surface area contributed by atoms with E-state index in [1.165, 1.54) is 4.90 Å². The molecule has 1 atom stereocenters. The molecule has 1 aromatic carbocycles. The fraction of sp³-hybridized carbons (Fsp3) is 0.381. The van der Waals surface area contributed by atoms with Crippen LogP contribution in [0.1, 0.15) is 28.6 Å². The third kappa shape index (κ3) is 3.85. The van der Waals surface area contributed by atoms with E-state index in [2.05, 4.69) is 5.10 Å². The van der Waals surface area contributed by atoms with Crippen LogP contribution in [0.5, 0.6) is 0 Å². The normalized spacial score (nSPS) is 18.7. The first-order valence-corrected chi connectivity index (χ1v) is 10.2. The van der Waals surface area contributed by atoms with Crippen LogP contribution in [0.3, 0.4) is 0 Å². The van der Waals surface area contributed by atoms with Gasteiger partial charge in [-0.25, -0.2) is 0 Å². The van der Waals surface area contributed by atoms with Gasteiger partial charge in [-0.05, 0) is 45.6 Å². The quantitative estimate of drug-likeness (QED) is 0.429. The minimum Gasteiger partial charge on any atom is -0.507 e. The molecular weight excluding hydrogens is 427 g/mol. The number of aromatic nitrogens is 2. The Labute approximate surface area is 185 Å². The first kappa shape index (κ1) is 22.3. The van der Waals surface area contributed by atoms with Crippen LogP contribution in [0.25, 0.3) is 5.76 Å². The third-order valence-corrected chi connectivity index (χ3v) is 6.07.